The van der Waals surface area contributed by atoms with Crippen LogP contribution in [0.15, 0.2) is 199 Å². The highest BCUT2D eigenvalue weighted by atomic mass is 14.8. The number of rotatable bonds is 8. The topological polar surface area (TPSA) is 12.4 Å². The van der Waals surface area contributed by atoms with Crippen LogP contribution in [0.25, 0.3) is 50.1 Å². The molecule has 8 aromatic carbocycles. The average Bonchev–Trinajstić information content (AvgIpc) is 3.85. The van der Waals surface area contributed by atoms with Crippen molar-refractivity contribution < 1.29 is 0 Å². The van der Waals surface area contributed by atoms with Crippen molar-refractivity contribution in [3.8, 4) is 44.5 Å². The zero-order chi connectivity index (χ0) is 44.1. The second-order valence-corrected chi connectivity index (χ2v) is 19.4. The van der Waals surface area contributed by atoms with Crippen LogP contribution in [0.2, 0.25) is 0 Å². The zero-order valence-corrected chi connectivity index (χ0v) is 38.3. The Morgan fingerprint density at radius 2 is 1.21 bits per heavy atom. The van der Waals surface area contributed by atoms with Crippen LogP contribution in [0.4, 0.5) is 0 Å². The summed E-state index contributed by atoms with van der Waals surface area (Å²) in [6.45, 7) is 4.77. The van der Waals surface area contributed by atoms with Gasteiger partial charge in [0.2, 0.25) is 0 Å². The summed E-state index contributed by atoms with van der Waals surface area (Å²) in [7, 11) is 0. The predicted molar refractivity (Wildman–Crippen MR) is 277 cm³/mol. The molecule has 12 rings (SSSR count). The Balaban J connectivity index is 0.951. The Kier molecular flexibility index (Phi) is 10.6. The van der Waals surface area contributed by atoms with Crippen LogP contribution in [-0.4, -0.2) is 5.71 Å². The minimum absolute atomic E-state index is 0.0653. The molecule has 1 nitrogen and oxygen atoms in total. The number of aryl methyl sites for hydroxylation is 1. The number of fused-ring (bicyclic) bond motifs is 10. The maximum absolute atomic E-state index is 5.92. The molecule has 66 heavy (non-hydrogen) atoms. The van der Waals surface area contributed by atoms with Crippen molar-refractivity contribution in [2.75, 3.05) is 0 Å². The fourth-order valence-electron chi connectivity index (χ4n) is 12.6. The highest BCUT2D eigenvalue weighted by molar-refractivity contribution is 5.92. The van der Waals surface area contributed by atoms with Gasteiger partial charge in [0.1, 0.15) is 0 Å². The van der Waals surface area contributed by atoms with E-state index < -0.39 is 0 Å². The van der Waals surface area contributed by atoms with Crippen LogP contribution < -0.4 is 0 Å². The van der Waals surface area contributed by atoms with Gasteiger partial charge in [-0.2, -0.15) is 0 Å². The monoisotopic (exact) mass is 851 g/mol. The zero-order valence-electron chi connectivity index (χ0n) is 38.3. The molecule has 1 aliphatic heterocycles. The van der Waals surface area contributed by atoms with E-state index in [4.69, 9.17) is 4.99 Å². The van der Waals surface area contributed by atoms with Gasteiger partial charge in [0.25, 0.3) is 0 Å². The molecule has 0 saturated carbocycles. The molecule has 4 aliphatic rings. The van der Waals surface area contributed by atoms with Crippen molar-refractivity contribution in [2.24, 2.45) is 16.8 Å². The maximum atomic E-state index is 5.92. The largest absolute Gasteiger partial charge is 0.285 e. The highest BCUT2D eigenvalue weighted by Gasteiger charge is 2.37. The quantitative estimate of drug-likeness (QED) is 0.144. The summed E-state index contributed by atoms with van der Waals surface area (Å²) in [6, 6.07) is 71.4. The summed E-state index contributed by atoms with van der Waals surface area (Å²) in [5, 5.41) is 0. The summed E-state index contributed by atoms with van der Waals surface area (Å²) in [5.41, 5.74) is 26.9. The van der Waals surface area contributed by atoms with Crippen LogP contribution in [0, 0.1) is 11.8 Å². The molecule has 0 radical (unpaired) electrons. The van der Waals surface area contributed by atoms with Crippen LogP contribution >= 0.6 is 0 Å². The summed E-state index contributed by atoms with van der Waals surface area (Å²) in [6.07, 6.45) is 9.71. The van der Waals surface area contributed by atoms with Crippen molar-refractivity contribution in [2.45, 2.75) is 76.7 Å². The first-order chi connectivity index (χ1) is 32.6. The van der Waals surface area contributed by atoms with E-state index in [1.807, 2.05) is 0 Å². The lowest BCUT2D eigenvalue weighted by molar-refractivity contribution is 0.510. The average molecular weight is 852 g/mol. The molecule has 0 aromatic heterocycles. The van der Waals surface area contributed by atoms with Gasteiger partial charge < -0.3 is 0 Å². The van der Waals surface area contributed by atoms with Crippen molar-refractivity contribution in [3.05, 3.63) is 244 Å². The number of hydrogen-bond donors (Lipinski definition) is 0. The van der Waals surface area contributed by atoms with Crippen LogP contribution in [0.3, 0.4) is 0 Å². The molecular formula is C65H57N. The van der Waals surface area contributed by atoms with E-state index in [0.717, 1.165) is 44.9 Å². The lowest BCUT2D eigenvalue weighted by Crippen LogP contribution is -2.21. The molecule has 1 heterocycles. The van der Waals surface area contributed by atoms with E-state index in [0.29, 0.717) is 11.8 Å². The second-order valence-electron chi connectivity index (χ2n) is 19.4. The van der Waals surface area contributed by atoms with Crippen molar-refractivity contribution in [3.63, 3.8) is 0 Å². The lowest BCUT2D eigenvalue weighted by Gasteiger charge is -2.31. The van der Waals surface area contributed by atoms with E-state index in [2.05, 4.69) is 208 Å². The predicted octanol–water partition coefficient (Wildman–Crippen LogP) is 16.9. The SMILES string of the molecule is CCC1/C(c2ccccc2)=C/CC(C)/C(CCC2c3ccccc3-c3ccc4c(c32)-c2ccccc2CCC4c2cccc(-c3cccc4c3Cc3ccccc3-4)c2)=N\C1c1ccccc1. The Labute approximate surface area is 391 Å². The van der Waals surface area contributed by atoms with Crippen LogP contribution in [0.1, 0.15) is 114 Å². The van der Waals surface area contributed by atoms with Gasteiger partial charge in [0, 0.05) is 23.5 Å². The highest BCUT2D eigenvalue weighted by Crippen LogP contribution is 2.55. The van der Waals surface area contributed by atoms with Gasteiger partial charge >= 0.3 is 0 Å². The molecule has 0 amide bonds. The summed E-state index contributed by atoms with van der Waals surface area (Å²) in [5.74, 6) is 1.18. The van der Waals surface area contributed by atoms with Gasteiger partial charge in [0.15, 0.2) is 0 Å². The Morgan fingerprint density at radius 3 is 2.05 bits per heavy atom. The van der Waals surface area contributed by atoms with Gasteiger partial charge in [-0.25, -0.2) is 0 Å². The Bertz CT molecular complexity index is 3170. The van der Waals surface area contributed by atoms with Crippen molar-refractivity contribution >= 4 is 11.3 Å². The van der Waals surface area contributed by atoms with Gasteiger partial charge in [0.05, 0.1) is 6.04 Å². The number of nitrogens with zero attached hydrogens (tertiary/aromatic N) is 1. The summed E-state index contributed by atoms with van der Waals surface area (Å²) < 4.78 is 0. The number of benzene rings is 8. The van der Waals surface area contributed by atoms with E-state index in [1.165, 1.54) is 106 Å². The van der Waals surface area contributed by atoms with Gasteiger partial charge in [-0.3, -0.25) is 4.99 Å². The first kappa shape index (κ1) is 40.7. The molecule has 0 fully saturated rings. The molecule has 0 saturated heterocycles. The van der Waals surface area contributed by atoms with Crippen LogP contribution in [-0.2, 0) is 12.8 Å². The second kappa shape index (κ2) is 17.2. The van der Waals surface area contributed by atoms with Crippen LogP contribution in [0.5, 0.6) is 0 Å². The van der Waals surface area contributed by atoms with E-state index in [9.17, 15) is 0 Å². The third-order valence-electron chi connectivity index (χ3n) is 15.8. The Morgan fingerprint density at radius 1 is 0.545 bits per heavy atom. The number of aliphatic imine (C=N–C) groups is 1. The number of hydrogen-bond acceptors (Lipinski definition) is 1. The third-order valence-corrected chi connectivity index (χ3v) is 15.8. The minimum Gasteiger partial charge on any atom is -0.285 e. The molecule has 3 aliphatic carbocycles. The first-order valence-electron chi connectivity index (χ1n) is 24.6. The van der Waals surface area contributed by atoms with Gasteiger partial charge in [-0.05, 0) is 151 Å². The first-order valence-corrected chi connectivity index (χ1v) is 24.6. The molecule has 0 bridgehead atoms. The number of allylic oxidation sites excluding steroid dienone is 1. The molecule has 5 atom stereocenters. The van der Waals surface area contributed by atoms with Crippen molar-refractivity contribution in [1.29, 1.82) is 0 Å². The summed E-state index contributed by atoms with van der Waals surface area (Å²) >= 11 is 0. The molecule has 1 heteroatoms. The standard InChI is InChI=1S/C65H57N/c1-3-49-52(43-18-6-4-7-19-43)34-32-42(2)62(66-65(49)45-21-8-5-9-22-45)39-38-60-57-29-15-14-28-56(57)59-37-36-58-53(35-33-44-20-10-13-27-54(44)63(58)64(59)60)47-25-16-24-46(40-47)51-30-17-31-55-50-26-12-11-23-48(50)41-61(51)55/h4-31,34,36-37,40,42,49,53,60,65H,3,32-33,35,38-39,41H2,1-2H3/b52-34+,66-62-. The lowest BCUT2D eigenvalue weighted by atomic mass is 9.77. The smallest absolute Gasteiger partial charge is 0.0816 e. The molecular weight excluding hydrogens is 795 g/mol. The summed E-state index contributed by atoms with van der Waals surface area (Å²) in [4.78, 5) is 5.92. The van der Waals surface area contributed by atoms with Gasteiger partial charge in [-0.1, -0.05) is 208 Å². The third kappa shape index (κ3) is 7.03. The van der Waals surface area contributed by atoms with Crippen molar-refractivity contribution in [1.82, 2.24) is 0 Å². The van der Waals surface area contributed by atoms with E-state index >= 15 is 0 Å². The fourth-order valence-corrected chi connectivity index (χ4v) is 12.6. The Hall–Kier alpha value is -6.83. The normalized spacial score (nSPS) is 21.8. The molecule has 0 spiro atoms. The molecule has 0 N–H and O–H groups in total. The van der Waals surface area contributed by atoms with Gasteiger partial charge in [-0.15, -0.1) is 0 Å². The molecule has 5 unspecified atom stereocenters. The molecule has 8 aromatic rings. The van der Waals surface area contributed by atoms with E-state index in [-0.39, 0.29) is 17.9 Å². The minimum atomic E-state index is 0.0653. The molecule has 322 valence electrons. The van der Waals surface area contributed by atoms with E-state index in [1.54, 1.807) is 0 Å². The maximum Gasteiger partial charge on any atom is 0.0816 e. The fraction of sp³-hybridized carbons (Fsp3) is 0.215.